The van der Waals surface area contributed by atoms with Crippen molar-refractivity contribution in [1.82, 2.24) is 9.55 Å². The number of rotatable bonds is 6. The number of esters is 1. The molecule has 6 nitrogen and oxygen atoms in total. The van der Waals surface area contributed by atoms with Crippen LogP contribution in [0.4, 0.5) is 4.39 Å². The van der Waals surface area contributed by atoms with E-state index in [1.165, 1.54) is 12.1 Å². The van der Waals surface area contributed by atoms with E-state index in [9.17, 15) is 14.0 Å². The van der Waals surface area contributed by atoms with Gasteiger partial charge in [0.1, 0.15) is 17.4 Å². The van der Waals surface area contributed by atoms with Crippen molar-refractivity contribution in [3.8, 4) is 5.75 Å². The zero-order valence-corrected chi connectivity index (χ0v) is 16.6. The lowest BCUT2D eigenvalue weighted by molar-refractivity contribution is 0.0486. The highest BCUT2D eigenvalue weighted by atomic mass is 19.1. The third-order valence-electron chi connectivity index (χ3n) is 5.16. The first-order chi connectivity index (χ1) is 14.6. The first-order valence-electron chi connectivity index (χ1n) is 10.2. The zero-order chi connectivity index (χ0) is 20.9. The van der Waals surface area contributed by atoms with Crippen molar-refractivity contribution in [2.24, 2.45) is 0 Å². The molecule has 7 heteroatoms. The van der Waals surface area contributed by atoms with Crippen LogP contribution in [0.5, 0.6) is 5.75 Å². The highest BCUT2D eigenvalue weighted by Gasteiger charge is 2.15. The van der Waals surface area contributed by atoms with Crippen molar-refractivity contribution in [3.05, 3.63) is 70.0 Å². The number of ether oxygens (including phenoxy) is 2. The number of hydrogen-bond acceptors (Lipinski definition) is 5. The summed E-state index contributed by atoms with van der Waals surface area (Å²) in [6.07, 6.45) is 4.36. The topological polar surface area (TPSA) is 70.4 Å². The summed E-state index contributed by atoms with van der Waals surface area (Å²) < 4.78 is 25.4. The second-order valence-electron chi connectivity index (χ2n) is 7.32. The molecule has 1 aliphatic heterocycles. The summed E-state index contributed by atoms with van der Waals surface area (Å²) >= 11 is 0. The molecular weight excluding hydrogens is 387 g/mol. The predicted molar refractivity (Wildman–Crippen MR) is 110 cm³/mol. The van der Waals surface area contributed by atoms with Crippen LogP contribution < -0.4 is 10.3 Å². The second-order valence-corrected chi connectivity index (χ2v) is 7.32. The molecule has 30 heavy (non-hydrogen) atoms. The number of fused-ring (bicyclic) bond motifs is 2. The summed E-state index contributed by atoms with van der Waals surface area (Å²) in [4.78, 5) is 29.8. The first kappa shape index (κ1) is 20.1. The summed E-state index contributed by atoms with van der Waals surface area (Å²) in [5.41, 5.74) is 0.851. The van der Waals surface area contributed by atoms with Gasteiger partial charge < -0.3 is 9.47 Å². The summed E-state index contributed by atoms with van der Waals surface area (Å²) in [6.45, 7) is 1.24. The Morgan fingerprint density at radius 1 is 1.07 bits per heavy atom. The van der Waals surface area contributed by atoms with Crippen molar-refractivity contribution in [1.29, 1.82) is 0 Å². The van der Waals surface area contributed by atoms with Crippen molar-refractivity contribution < 1.29 is 18.7 Å². The Bertz CT molecular complexity index is 1110. The molecule has 0 atom stereocenters. The molecule has 3 aromatic rings. The molecule has 0 bridgehead atoms. The molecule has 0 fully saturated rings. The van der Waals surface area contributed by atoms with E-state index in [0.29, 0.717) is 41.8 Å². The number of carbonyl (C=O) groups is 1. The maximum absolute atomic E-state index is 12.9. The van der Waals surface area contributed by atoms with Crippen molar-refractivity contribution >= 4 is 16.9 Å². The normalized spacial score (nSPS) is 13.5. The van der Waals surface area contributed by atoms with Crippen LogP contribution in [0.15, 0.2) is 47.3 Å². The summed E-state index contributed by atoms with van der Waals surface area (Å²) in [5, 5.41) is 0.518. The van der Waals surface area contributed by atoms with Gasteiger partial charge in [0, 0.05) is 19.4 Å². The Labute approximate surface area is 173 Å². The van der Waals surface area contributed by atoms with Gasteiger partial charge in [-0.05, 0) is 55.3 Å². The highest BCUT2D eigenvalue weighted by Crippen LogP contribution is 2.17. The first-order valence-corrected chi connectivity index (χ1v) is 10.2. The van der Waals surface area contributed by atoms with Crippen LogP contribution in [0.25, 0.3) is 10.9 Å². The molecule has 0 N–H and O–H groups in total. The molecule has 4 rings (SSSR count). The molecule has 1 aromatic heterocycles. The molecule has 2 aromatic carbocycles. The largest absolute Gasteiger partial charge is 0.493 e. The molecular formula is C23H23FN2O4. The van der Waals surface area contributed by atoms with Crippen molar-refractivity contribution in [3.63, 3.8) is 0 Å². The average molecular weight is 410 g/mol. The smallest absolute Gasteiger partial charge is 0.338 e. The molecule has 0 unspecified atom stereocenters. The van der Waals surface area contributed by atoms with Gasteiger partial charge in [0.2, 0.25) is 0 Å². The number of benzene rings is 2. The summed E-state index contributed by atoms with van der Waals surface area (Å²) in [5.74, 6) is 0.567. The Balaban J connectivity index is 1.37. The van der Waals surface area contributed by atoms with E-state index in [-0.39, 0.29) is 18.0 Å². The lowest BCUT2D eigenvalue weighted by Gasteiger charge is -2.11. The molecule has 156 valence electrons. The molecule has 0 aliphatic carbocycles. The minimum absolute atomic E-state index is 0.0465. The van der Waals surface area contributed by atoms with Crippen LogP contribution in [0.2, 0.25) is 0 Å². The maximum Gasteiger partial charge on any atom is 0.338 e. The number of aryl methyl sites for hydroxylation is 1. The van der Waals surface area contributed by atoms with Crippen LogP contribution >= 0.6 is 0 Å². The third kappa shape index (κ3) is 4.50. The number of halogens is 1. The van der Waals surface area contributed by atoms with Crippen molar-refractivity contribution in [2.45, 2.75) is 38.6 Å². The quantitative estimate of drug-likeness (QED) is 0.456. The van der Waals surface area contributed by atoms with Gasteiger partial charge in [-0.1, -0.05) is 6.42 Å². The van der Waals surface area contributed by atoms with Crippen LogP contribution in [0.1, 0.15) is 41.9 Å². The Morgan fingerprint density at radius 3 is 2.73 bits per heavy atom. The van der Waals surface area contributed by atoms with Crippen LogP contribution in [0.3, 0.4) is 0 Å². The molecule has 2 heterocycles. The minimum atomic E-state index is -0.462. The van der Waals surface area contributed by atoms with E-state index in [1.807, 2.05) is 0 Å². The van der Waals surface area contributed by atoms with Gasteiger partial charge in [-0.15, -0.1) is 0 Å². The Morgan fingerprint density at radius 2 is 1.90 bits per heavy atom. The van der Waals surface area contributed by atoms with Gasteiger partial charge in [0.25, 0.3) is 5.56 Å². The van der Waals surface area contributed by atoms with Gasteiger partial charge >= 0.3 is 5.97 Å². The molecule has 0 spiro atoms. The molecule has 0 radical (unpaired) electrons. The fourth-order valence-corrected chi connectivity index (χ4v) is 3.57. The van der Waals surface area contributed by atoms with E-state index >= 15 is 0 Å². The van der Waals surface area contributed by atoms with Gasteiger partial charge in [0.05, 0.1) is 29.7 Å². The Kier molecular flexibility index (Phi) is 6.07. The van der Waals surface area contributed by atoms with Crippen molar-refractivity contribution in [2.75, 3.05) is 13.2 Å². The number of nitrogens with zero attached hydrogens (tertiary/aromatic N) is 2. The maximum atomic E-state index is 12.9. The number of hydrogen-bond donors (Lipinski definition) is 0. The lowest BCUT2D eigenvalue weighted by atomic mass is 10.1. The fourth-order valence-electron chi connectivity index (χ4n) is 3.57. The fraction of sp³-hybridized carbons (Fsp3) is 0.348. The van der Waals surface area contributed by atoms with Crippen LogP contribution in [0, 0.1) is 5.82 Å². The van der Waals surface area contributed by atoms with E-state index in [2.05, 4.69) is 4.98 Å². The lowest BCUT2D eigenvalue weighted by Crippen LogP contribution is -2.24. The summed E-state index contributed by atoms with van der Waals surface area (Å²) in [7, 11) is 0. The van der Waals surface area contributed by atoms with E-state index in [1.54, 1.807) is 34.9 Å². The van der Waals surface area contributed by atoms with E-state index in [0.717, 1.165) is 31.5 Å². The molecule has 0 amide bonds. The van der Waals surface area contributed by atoms with Gasteiger partial charge in [0.15, 0.2) is 0 Å². The third-order valence-corrected chi connectivity index (χ3v) is 5.16. The predicted octanol–water partition coefficient (Wildman–Crippen LogP) is 3.89. The number of aromatic nitrogens is 2. The highest BCUT2D eigenvalue weighted by molar-refractivity contribution is 5.94. The molecule has 0 saturated carbocycles. The van der Waals surface area contributed by atoms with Gasteiger partial charge in [-0.2, -0.15) is 0 Å². The van der Waals surface area contributed by atoms with Gasteiger partial charge in [-0.25, -0.2) is 14.2 Å². The standard InChI is InChI=1S/C23H23FN2O4/c24-17-7-9-18(10-8-17)29-13-4-14-30-23(28)16-6-11-19-20(15-16)25-21-5-2-1-3-12-26(21)22(19)27/h6-11,15H,1-5,12-14H2. The van der Waals surface area contributed by atoms with Gasteiger partial charge in [-0.3, -0.25) is 9.36 Å². The van der Waals surface area contributed by atoms with Crippen LogP contribution in [-0.2, 0) is 17.7 Å². The zero-order valence-electron chi connectivity index (χ0n) is 16.6. The molecule has 1 aliphatic rings. The summed E-state index contributed by atoms with van der Waals surface area (Å²) in [6, 6.07) is 10.6. The number of carbonyl (C=O) groups excluding carboxylic acids is 1. The Hall–Kier alpha value is -3.22. The SMILES string of the molecule is O=C(OCCCOc1ccc(F)cc1)c1ccc2c(=O)n3c(nc2c1)CCCCC3. The van der Waals surface area contributed by atoms with E-state index < -0.39 is 5.97 Å². The van der Waals surface area contributed by atoms with E-state index in [4.69, 9.17) is 9.47 Å². The monoisotopic (exact) mass is 410 g/mol. The minimum Gasteiger partial charge on any atom is -0.493 e. The average Bonchev–Trinajstić information content (AvgIpc) is 3.00. The second kappa shape index (κ2) is 9.07. The molecule has 0 saturated heterocycles. The van der Waals surface area contributed by atoms with Crippen LogP contribution in [-0.4, -0.2) is 28.7 Å².